The van der Waals surface area contributed by atoms with E-state index in [0.717, 1.165) is 18.0 Å². The molecule has 3 rings (SSSR count). The van der Waals surface area contributed by atoms with E-state index in [4.69, 9.17) is 11.6 Å². The van der Waals surface area contributed by atoms with Crippen molar-refractivity contribution < 1.29 is 0 Å². The molecule has 0 aliphatic heterocycles. The largest absolute Gasteiger partial charge is 0.354 e. The number of anilines is 1. The van der Waals surface area contributed by atoms with Gasteiger partial charge in [-0.15, -0.1) is 0 Å². The van der Waals surface area contributed by atoms with E-state index in [0.29, 0.717) is 11.8 Å². The topological polar surface area (TPSA) is 50.7 Å². The third-order valence-electron chi connectivity index (χ3n) is 3.41. The van der Waals surface area contributed by atoms with Gasteiger partial charge in [0.15, 0.2) is 5.82 Å². The van der Waals surface area contributed by atoms with Crippen molar-refractivity contribution in [3.8, 4) is 11.4 Å². The molecule has 0 saturated heterocycles. The number of aromatic nitrogens is 3. The Morgan fingerprint density at radius 3 is 2.58 bits per heavy atom. The molecule has 1 aromatic heterocycles. The van der Waals surface area contributed by atoms with Crippen molar-refractivity contribution in [2.75, 3.05) is 11.9 Å². The summed E-state index contributed by atoms with van der Waals surface area (Å²) in [7, 11) is 0. The molecule has 98 valence electrons. The molecule has 2 aromatic rings. The third kappa shape index (κ3) is 3.01. The predicted octanol–water partition coefficient (Wildman–Crippen LogP) is 3.40. The predicted molar refractivity (Wildman–Crippen MR) is 76.1 cm³/mol. The fourth-order valence-corrected chi connectivity index (χ4v) is 2.24. The van der Waals surface area contributed by atoms with Crippen LogP contribution in [-0.2, 0) is 0 Å². The van der Waals surface area contributed by atoms with Crippen molar-refractivity contribution in [2.45, 2.75) is 19.3 Å². The van der Waals surface area contributed by atoms with Gasteiger partial charge in [-0.05, 0) is 30.4 Å². The third-order valence-corrected chi connectivity index (χ3v) is 3.58. The zero-order valence-electron chi connectivity index (χ0n) is 10.5. The number of nitrogens with zero attached hydrogens (tertiary/aromatic N) is 3. The minimum absolute atomic E-state index is 0.227. The van der Waals surface area contributed by atoms with Crippen LogP contribution in [0.5, 0.6) is 0 Å². The standard InChI is InChI=1S/C14H15ClN4/c15-13-17-12(11-7-2-1-3-8-11)18-14(19-13)16-9-10-5-4-6-10/h1-3,7-8,10H,4-6,9H2,(H,16,17,18,19). The zero-order valence-corrected chi connectivity index (χ0v) is 11.3. The highest BCUT2D eigenvalue weighted by Crippen LogP contribution is 2.26. The first kappa shape index (κ1) is 12.4. The second kappa shape index (κ2) is 5.53. The Morgan fingerprint density at radius 2 is 1.89 bits per heavy atom. The van der Waals surface area contributed by atoms with Gasteiger partial charge in [-0.25, -0.2) is 0 Å². The fraction of sp³-hybridized carbons (Fsp3) is 0.357. The summed E-state index contributed by atoms with van der Waals surface area (Å²) < 4.78 is 0. The highest BCUT2D eigenvalue weighted by Gasteiger charge is 2.17. The van der Waals surface area contributed by atoms with Crippen LogP contribution in [0.1, 0.15) is 19.3 Å². The van der Waals surface area contributed by atoms with Crippen molar-refractivity contribution in [3.63, 3.8) is 0 Å². The molecule has 0 bridgehead atoms. The van der Waals surface area contributed by atoms with Crippen molar-refractivity contribution in [1.82, 2.24) is 15.0 Å². The second-order valence-electron chi connectivity index (χ2n) is 4.80. The van der Waals surface area contributed by atoms with Crippen LogP contribution in [0.2, 0.25) is 5.28 Å². The highest BCUT2D eigenvalue weighted by atomic mass is 35.5. The van der Waals surface area contributed by atoms with Crippen LogP contribution < -0.4 is 5.32 Å². The lowest BCUT2D eigenvalue weighted by Gasteiger charge is -2.25. The summed E-state index contributed by atoms with van der Waals surface area (Å²) in [6.45, 7) is 0.911. The summed E-state index contributed by atoms with van der Waals surface area (Å²) in [6, 6.07) is 9.79. The zero-order chi connectivity index (χ0) is 13.1. The van der Waals surface area contributed by atoms with Crippen LogP contribution >= 0.6 is 11.6 Å². The van der Waals surface area contributed by atoms with Crippen LogP contribution in [0, 0.1) is 5.92 Å². The second-order valence-corrected chi connectivity index (χ2v) is 5.13. The van der Waals surface area contributed by atoms with Crippen molar-refractivity contribution in [3.05, 3.63) is 35.6 Å². The molecule has 1 heterocycles. The van der Waals surface area contributed by atoms with E-state index in [-0.39, 0.29) is 5.28 Å². The molecule has 19 heavy (non-hydrogen) atoms. The molecule has 1 aliphatic carbocycles. The van der Waals surface area contributed by atoms with E-state index in [1.54, 1.807) is 0 Å². The Balaban J connectivity index is 1.79. The van der Waals surface area contributed by atoms with Gasteiger partial charge in [-0.2, -0.15) is 15.0 Å². The van der Waals surface area contributed by atoms with E-state index in [2.05, 4.69) is 20.3 Å². The molecule has 0 atom stereocenters. The molecule has 1 aromatic carbocycles. The lowest BCUT2D eigenvalue weighted by Crippen LogP contribution is -2.22. The van der Waals surface area contributed by atoms with Gasteiger partial charge >= 0.3 is 0 Å². The number of hydrogen-bond acceptors (Lipinski definition) is 4. The van der Waals surface area contributed by atoms with Crippen molar-refractivity contribution in [1.29, 1.82) is 0 Å². The van der Waals surface area contributed by atoms with E-state index >= 15 is 0 Å². The van der Waals surface area contributed by atoms with Gasteiger partial charge in [-0.1, -0.05) is 36.8 Å². The molecule has 1 fully saturated rings. The van der Waals surface area contributed by atoms with Crippen LogP contribution in [0.3, 0.4) is 0 Å². The van der Waals surface area contributed by atoms with Crippen LogP contribution in [-0.4, -0.2) is 21.5 Å². The maximum absolute atomic E-state index is 5.96. The number of rotatable bonds is 4. The average molecular weight is 275 g/mol. The monoisotopic (exact) mass is 274 g/mol. The fourth-order valence-electron chi connectivity index (χ4n) is 2.08. The van der Waals surface area contributed by atoms with Gasteiger partial charge < -0.3 is 5.32 Å². The number of halogens is 1. The van der Waals surface area contributed by atoms with Gasteiger partial charge in [0.25, 0.3) is 0 Å². The summed E-state index contributed by atoms with van der Waals surface area (Å²) in [4.78, 5) is 12.7. The molecule has 1 N–H and O–H groups in total. The minimum atomic E-state index is 0.227. The maximum atomic E-state index is 5.96. The van der Waals surface area contributed by atoms with E-state index in [9.17, 15) is 0 Å². The average Bonchev–Trinajstić information content (AvgIpc) is 2.37. The summed E-state index contributed by atoms with van der Waals surface area (Å²) >= 11 is 5.96. The lowest BCUT2D eigenvalue weighted by molar-refractivity contribution is 0.333. The molecular weight excluding hydrogens is 260 g/mol. The lowest BCUT2D eigenvalue weighted by atomic mass is 9.85. The van der Waals surface area contributed by atoms with Gasteiger partial charge in [0.2, 0.25) is 11.2 Å². The Kier molecular flexibility index (Phi) is 3.60. The van der Waals surface area contributed by atoms with E-state index < -0.39 is 0 Å². The van der Waals surface area contributed by atoms with Gasteiger partial charge in [-0.3, -0.25) is 0 Å². The maximum Gasteiger partial charge on any atom is 0.227 e. The van der Waals surface area contributed by atoms with Crippen molar-refractivity contribution >= 4 is 17.5 Å². The van der Waals surface area contributed by atoms with Crippen LogP contribution in [0.4, 0.5) is 5.95 Å². The van der Waals surface area contributed by atoms with Crippen LogP contribution in [0.15, 0.2) is 30.3 Å². The van der Waals surface area contributed by atoms with Gasteiger partial charge in [0, 0.05) is 12.1 Å². The highest BCUT2D eigenvalue weighted by molar-refractivity contribution is 6.28. The molecule has 5 heteroatoms. The Hall–Kier alpha value is -1.68. The summed E-state index contributed by atoms with van der Waals surface area (Å²) in [6.07, 6.45) is 3.91. The Morgan fingerprint density at radius 1 is 1.11 bits per heavy atom. The SMILES string of the molecule is Clc1nc(NCC2CCC2)nc(-c2ccccc2)n1. The number of nitrogens with one attached hydrogen (secondary N) is 1. The quantitative estimate of drug-likeness (QED) is 0.928. The normalized spacial score (nSPS) is 15.0. The Labute approximate surface area is 117 Å². The summed E-state index contributed by atoms with van der Waals surface area (Å²) in [5.74, 6) is 1.91. The molecule has 0 amide bonds. The molecular formula is C14H15ClN4. The molecule has 1 saturated carbocycles. The van der Waals surface area contributed by atoms with Gasteiger partial charge in [0.05, 0.1) is 0 Å². The first-order valence-electron chi connectivity index (χ1n) is 6.52. The van der Waals surface area contributed by atoms with E-state index in [1.807, 2.05) is 30.3 Å². The smallest absolute Gasteiger partial charge is 0.227 e. The molecule has 4 nitrogen and oxygen atoms in total. The van der Waals surface area contributed by atoms with E-state index in [1.165, 1.54) is 19.3 Å². The first-order valence-corrected chi connectivity index (χ1v) is 6.90. The minimum Gasteiger partial charge on any atom is -0.354 e. The number of benzene rings is 1. The molecule has 1 aliphatic rings. The first-order chi connectivity index (χ1) is 9.31. The van der Waals surface area contributed by atoms with Gasteiger partial charge in [0.1, 0.15) is 0 Å². The Bertz CT molecular complexity index is 555. The molecule has 0 spiro atoms. The summed E-state index contributed by atoms with van der Waals surface area (Å²) in [5, 5.41) is 3.48. The van der Waals surface area contributed by atoms with Crippen molar-refractivity contribution in [2.24, 2.45) is 5.92 Å². The summed E-state index contributed by atoms with van der Waals surface area (Å²) in [5.41, 5.74) is 0.943. The van der Waals surface area contributed by atoms with Crippen LogP contribution in [0.25, 0.3) is 11.4 Å². The molecule has 0 radical (unpaired) electrons. The molecule has 0 unspecified atom stereocenters. The number of hydrogen-bond donors (Lipinski definition) is 1.